The van der Waals surface area contributed by atoms with E-state index in [1.165, 1.54) is 18.2 Å². The van der Waals surface area contributed by atoms with Gasteiger partial charge in [0.15, 0.2) is 0 Å². The molecule has 0 saturated carbocycles. The molecule has 1 rings (SSSR count). The van der Waals surface area contributed by atoms with Crippen LogP contribution in [-0.2, 0) is 4.79 Å². The number of anilines is 1. The Hall–Kier alpha value is -2.08. The minimum Gasteiger partial charge on any atom is -0.506 e. The molecule has 0 fully saturated rings. The van der Waals surface area contributed by atoms with E-state index in [-0.39, 0.29) is 17.0 Å². The summed E-state index contributed by atoms with van der Waals surface area (Å²) in [7, 11) is 0. The number of amides is 1. The molecule has 6 heteroatoms. The molecule has 6 nitrogen and oxygen atoms in total. The van der Waals surface area contributed by atoms with Crippen LogP contribution in [0, 0.1) is 0 Å². The molecule has 1 aromatic rings. The number of nitrogens with one attached hydrogen (secondary N) is 1. The first kappa shape index (κ1) is 14.0. The molecule has 0 aliphatic heterocycles. The number of phenols is 1. The highest BCUT2D eigenvalue weighted by atomic mass is 16.4. The van der Waals surface area contributed by atoms with Crippen LogP contribution in [0.4, 0.5) is 5.69 Å². The van der Waals surface area contributed by atoms with Gasteiger partial charge in [0.05, 0.1) is 17.3 Å². The Balaban J connectivity index is 2.86. The van der Waals surface area contributed by atoms with E-state index in [4.69, 9.17) is 10.8 Å². The number of carboxylic acids is 1. The fourth-order valence-electron chi connectivity index (χ4n) is 1.44. The van der Waals surface area contributed by atoms with E-state index in [1.54, 1.807) is 0 Å². The Morgan fingerprint density at radius 2 is 2.11 bits per heavy atom. The first-order valence-electron chi connectivity index (χ1n) is 5.58. The van der Waals surface area contributed by atoms with Gasteiger partial charge in [-0.3, -0.25) is 4.79 Å². The van der Waals surface area contributed by atoms with Crippen molar-refractivity contribution >= 4 is 17.6 Å². The lowest BCUT2D eigenvalue weighted by molar-refractivity contribution is -0.117. The molecule has 0 bridgehead atoms. The van der Waals surface area contributed by atoms with Gasteiger partial charge in [0.1, 0.15) is 5.75 Å². The Morgan fingerprint density at radius 1 is 1.44 bits per heavy atom. The SMILES string of the molecule is CCCC(N)C(=O)Nc1cc(C(=O)O)ccc1O. The minimum atomic E-state index is -1.14. The summed E-state index contributed by atoms with van der Waals surface area (Å²) in [5.41, 5.74) is 5.64. The number of aromatic carboxylic acids is 1. The second-order valence-electron chi connectivity index (χ2n) is 3.92. The average Bonchev–Trinajstić information content (AvgIpc) is 2.31. The number of rotatable bonds is 5. The molecule has 0 saturated heterocycles. The van der Waals surface area contributed by atoms with Crippen molar-refractivity contribution < 1.29 is 19.8 Å². The standard InChI is InChI=1S/C12H16N2O4/c1-2-3-8(13)11(16)14-9-6-7(12(17)18)4-5-10(9)15/h4-6,8,15H,2-3,13H2,1H3,(H,14,16)(H,17,18). The Bertz CT molecular complexity index is 459. The van der Waals surface area contributed by atoms with Gasteiger partial charge in [-0.05, 0) is 24.6 Å². The van der Waals surface area contributed by atoms with Crippen molar-refractivity contribution in [3.8, 4) is 5.75 Å². The van der Waals surface area contributed by atoms with Crippen LogP contribution in [0.15, 0.2) is 18.2 Å². The highest BCUT2D eigenvalue weighted by Crippen LogP contribution is 2.24. The largest absolute Gasteiger partial charge is 0.506 e. The van der Waals surface area contributed by atoms with Crippen LogP contribution in [0.3, 0.4) is 0 Å². The number of nitrogens with two attached hydrogens (primary N) is 1. The Kier molecular flexibility index (Phi) is 4.67. The summed E-state index contributed by atoms with van der Waals surface area (Å²) in [5.74, 6) is -1.78. The number of hydrogen-bond donors (Lipinski definition) is 4. The number of aromatic hydroxyl groups is 1. The van der Waals surface area contributed by atoms with Gasteiger partial charge in [-0.25, -0.2) is 4.79 Å². The molecule has 0 radical (unpaired) electrons. The summed E-state index contributed by atoms with van der Waals surface area (Å²) >= 11 is 0. The summed E-state index contributed by atoms with van der Waals surface area (Å²) in [4.78, 5) is 22.4. The van der Waals surface area contributed by atoms with Gasteiger partial charge in [0.25, 0.3) is 0 Å². The van der Waals surface area contributed by atoms with Crippen LogP contribution < -0.4 is 11.1 Å². The lowest BCUT2D eigenvalue weighted by Crippen LogP contribution is -2.35. The third-order valence-electron chi connectivity index (χ3n) is 2.44. The van der Waals surface area contributed by atoms with Crippen molar-refractivity contribution in [2.45, 2.75) is 25.8 Å². The predicted octanol–water partition coefficient (Wildman–Crippen LogP) is 1.16. The van der Waals surface area contributed by atoms with Crippen LogP contribution in [0.1, 0.15) is 30.1 Å². The maximum absolute atomic E-state index is 11.6. The first-order valence-corrected chi connectivity index (χ1v) is 5.58. The quantitative estimate of drug-likeness (QED) is 0.587. The smallest absolute Gasteiger partial charge is 0.335 e. The van der Waals surface area contributed by atoms with Crippen LogP contribution in [0.2, 0.25) is 0 Å². The summed E-state index contributed by atoms with van der Waals surface area (Å²) in [6, 6.07) is 2.97. The molecule has 0 aliphatic carbocycles. The molecular formula is C12H16N2O4. The van der Waals surface area contributed by atoms with E-state index in [1.807, 2.05) is 6.92 Å². The van der Waals surface area contributed by atoms with Gasteiger partial charge < -0.3 is 21.3 Å². The molecule has 1 aromatic carbocycles. The van der Waals surface area contributed by atoms with Gasteiger partial charge in [-0.2, -0.15) is 0 Å². The molecule has 1 amide bonds. The predicted molar refractivity (Wildman–Crippen MR) is 66.6 cm³/mol. The lowest BCUT2D eigenvalue weighted by Gasteiger charge is -2.12. The van der Waals surface area contributed by atoms with Gasteiger partial charge >= 0.3 is 5.97 Å². The van der Waals surface area contributed by atoms with E-state index < -0.39 is 17.9 Å². The molecule has 0 spiro atoms. The van der Waals surface area contributed by atoms with Crippen molar-refractivity contribution in [1.29, 1.82) is 0 Å². The van der Waals surface area contributed by atoms with Gasteiger partial charge in [0, 0.05) is 0 Å². The monoisotopic (exact) mass is 252 g/mol. The molecule has 0 aliphatic rings. The molecule has 5 N–H and O–H groups in total. The van der Waals surface area contributed by atoms with Crippen LogP contribution in [-0.4, -0.2) is 28.1 Å². The molecule has 0 aromatic heterocycles. The summed E-state index contributed by atoms with van der Waals surface area (Å²) in [6.45, 7) is 1.90. The fourth-order valence-corrected chi connectivity index (χ4v) is 1.44. The van der Waals surface area contributed by atoms with Crippen LogP contribution in [0.5, 0.6) is 5.75 Å². The first-order chi connectivity index (χ1) is 8.45. The van der Waals surface area contributed by atoms with E-state index in [0.29, 0.717) is 6.42 Å². The fraction of sp³-hybridized carbons (Fsp3) is 0.333. The summed E-state index contributed by atoms with van der Waals surface area (Å²) in [6.07, 6.45) is 1.28. The highest BCUT2D eigenvalue weighted by Gasteiger charge is 2.15. The number of hydrogen-bond acceptors (Lipinski definition) is 4. The van der Waals surface area contributed by atoms with E-state index >= 15 is 0 Å². The topological polar surface area (TPSA) is 113 Å². The lowest BCUT2D eigenvalue weighted by atomic mass is 10.1. The third kappa shape index (κ3) is 3.46. The van der Waals surface area contributed by atoms with Crippen molar-refractivity contribution in [3.05, 3.63) is 23.8 Å². The second-order valence-corrected chi connectivity index (χ2v) is 3.92. The van der Waals surface area contributed by atoms with E-state index in [9.17, 15) is 14.7 Å². The van der Waals surface area contributed by atoms with Gasteiger partial charge in [-0.1, -0.05) is 13.3 Å². The van der Waals surface area contributed by atoms with Crippen LogP contribution in [0.25, 0.3) is 0 Å². The van der Waals surface area contributed by atoms with Crippen molar-refractivity contribution in [3.63, 3.8) is 0 Å². The number of carboxylic acid groups (broad SMARTS) is 1. The van der Waals surface area contributed by atoms with Crippen LogP contribution >= 0.6 is 0 Å². The number of carbonyl (C=O) groups is 2. The Morgan fingerprint density at radius 3 is 2.67 bits per heavy atom. The zero-order valence-corrected chi connectivity index (χ0v) is 10.0. The molecular weight excluding hydrogens is 236 g/mol. The highest BCUT2D eigenvalue weighted by molar-refractivity contribution is 5.97. The molecule has 18 heavy (non-hydrogen) atoms. The summed E-state index contributed by atoms with van der Waals surface area (Å²) < 4.78 is 0. The second kappa shape index (κ2) is 6.02. The maximum Gasteiger partial charge on any atom is 0.335 e. The molecule has 98 valence electrons. The average molecular weight is 252 g/mol. The zero-order chi connectivity index (χ0) is 13.7. The normalized spacial score (nSPS) is 11.9. The third-order valence-corrected chi connectivity index (χ3v) is 2.44. The van der Waals surface area contributed by atoms with E-state index in [2.05, 4.69) is 5.32 Å². The Labute approximate surface area is 104 Å². The molecule has 1 atom stereocenters. The molecule has 0 heterocycles. The number of phenolic OH excluding ortho intramolecular Hbond substituents is 1. The van der Waals surface area contributed by atoms with Crippen molar-refractivity contribution in [1.82, 2.24) is 0 Å². The van der Waals surface area contributed by atoms with Gasteiger partial charge in [0.2, 0.25) is 5.91 Å². The zero-order valence-electron chi connectivity index (χ0n) is 10.0. The number of benzene rings is 1. The maximum atomic E-state index is 11.6. The van der Waals surface area contributed by atoms with Crippen molar-refractivity contribution in [2.75, 3.05) is 5.32 Å². The van der Waals surface area contributed by atoms with E-state index in [0.717, 1.165) is 6.42 Å². The summed E-state index contributed by atoms with van der Waals surface area (Å²) in [5, 5.41) is 20.8. The minimum absolute atomic E-state index is 0.0211. The van der Waals surface area contributed by atoms with Crippen molar-refractivity contribution in [2.24, 2.45) is 5.73 Å². The number of carbonyl (C=O) groups excluding carboxylic acids is 1. The molecule has 1 unspecified atom stereocenters. The van der Waals surface area contributed by atoms with Gasteiger partial charge in [-0.15, -0.1) is 0 Å².